The predicted octanol–water partition coefficient (Wildman–Crippen LogP) is 24.7. The maximum atomic E-state index is 9.73. The SMILES string of the molecule is CCCCCCCCCCCCCCCCCCC(CO)CCCCCCCCCCCCCC.CCCCCCCCCCCCCCCCCCC(CO)CCCCCCCCCCCCCC. The Hall–Kier alpha value is -0.0800. The molecule has 0 aliphatic rings. The van der Waals surface area contributed by atoms with Crippen molar-refractivity contribution in [3.63, 3.8) is 0 Å². The third-order valence-electron chi connectivity index (χ3n) is 16.4. The Bertz CT molecular complexity index is 773. The van der Waals surface area contributed by atoms with Gasteiger partial charge in [0.2, 0.25) is 0 Å². The van der Waals surface area contributed by atoms with Crippen LogP contribution >= 0.6 is 0 Å². The first-order valence-corrected chi connectivity index (χ1v) is 33.9. The van der Waals surface area contributed by atoms with Gasteiger partial charge in [-0.2, -0.15) is 0 Å². The van der Waals surface area contributed by atoms with Crippen molar-refractivity contribution in [3.05, 3.63) is 0 Å². The molecule has 2 nitrogen and oxygen atoms in total. The fourth-order valence-corrected chi connectivity index (χ4v) is 11.2. The summed E-state index contributed by atoms with van der Waals surface area (Å²) < 4.78 is 0. The molecule has 0 aromatic carbocycles. The van der Waals surface area contributed by atoms with Gasteiger partial charge in [0, 0.05) is 13.2 Å². The van der Waals surface area contributed by atoms with Crippen LogP contribution in [0.2, 0.25) is 0 Å². The number of rotatable bonds is 62. The molecule has 2 N–H and O–H groups in total. The van der Waals surface area contributed by atoms with Gasteiger partial charge < -0.3 is 10.2 Å². The molecule has 2 atom stereocenters. The fourth-order valence-electron chi connectivity index (χ4n) is 11.2. The molecular formula is C68H140O2. The van der Waals surface area contributed by atoms with E-state index in [-0.39, 0.29) is 0 Å². The first-order chi connectivity index (χ1) is 34.7. The molecule has 0 saturated carbocycles. The largest absolute Gasteiger partial charge is 0.396 e. The van der Waals surface area contributed by atoms with E-state index in [1.54, 1.807) is 0 Å². The first-order valence-electron chi connectivity index (χ1n) is 33.9. The second-order valence-electron chi connectivity index (χ2n) is 23.6. The van der Waals surface area contributed by atoms with Crippen molar-refractivity contribution in [2.45, 2.75) is 413 Å². The highest BCUT2D eigenvalue weighted by molar-refractivity contribution is 4.62. The summed E-state index contributed by atoms with van der Waals surface area (Å²) in [5.74, 6) is 1.15. The Morgan fingerprint density at radius 1 is 0.157 bits per heavy atom. The molecule has 424 valence electrons. The van der Waals surface area contributed by atoms with E-state index < -0.39 is 0 Å². The molecule has 0 aliphatic heterocycles. The number of hydrogen-bond donors (Lipinski definition) is 2. The van der Waals surface area contributed by atoms with Gasteiger partial charge in [-0.05, 0) is 37.5 Å². The van der Waals surface area contributed by atoms with Crippen molar-refractivity contribution < 1.29 is 10.2 Å². The highest BCUT2D eigenvalue weighted by Crippen LogP contribution is 2.22. The van der Waals surface area contributed by atoms with Crippen LogP contribution in [0.4, 0.5) is 0 Å². The molecule has 0 rings (SSSR count). The van der Waals surface area contributed by atoms with E-state index in [4.69, 9.17) is 0 Å². The highest BCUT2D eigenvalue weighted by atomic mass is 16.3. The zero-order chi connectivity index (χ0) is 51.0. The van der Waals surface area contributed by atoms with Crippen LogP contribution in [0.25, 0.3) is 0 Å². The van der Waals surface area contributed by atoms with Gasteiger partial charge in [-0.25, -0.2) is 0 Å². The smallest absolute Gasteiger partial charge is 0.0459 e. The van der Waals surface area contributed by atoms with Crippen LogP contribution in [0.3, 0.4) is 0 Å². The van der Waals surface area contributed by atoms with Gasteiger partial charge in [0.1, 0.15) is 0 Å². The van der Waals surface area contributed by atoms with Crippen LogP contribution in [0.5, 0.6) is 0 Å². The van der Waals surface area contributed by atoms with Gasteiger partial charge in [-0.3, -0.25) is 0 Å². The quantitative estimate of drug-likeness (QED) is 0.0596. The minimum absolute atomic E-state index is 0.413. The van der Waals surface area contributed by atoms with Crippen LogP contribution in [-0.2, 0) is 0 Å². The van der Waals surface area contributed by atoms with Gasteiger partial charge in [0.25, 0.3) is 0 Å². The summed E-state index contributed by atoms with van der Waals surface area (Å²) in [4.78, 5) is 0. The molecular weight excluding hydrogens is 849 g/mol. The average molecular weight is 990 g/mol. The zero-order valence-corrected chi connectivity index (χ0v) is 49.9. The molecule has 0 fully saturated rings. The van der Waals surface area contributed by atoms with Crippen molar-refractivity contribution in [2.75, 3.05) is 13.2 Å². The van der Waals surface area contributed by atoms with E-state index in [1.807, 2.05) is 0 Å². The molecule has 0 aliphatic carbocycles. The Balaban J connectivity index is 0. The Morgan fingerprint density at radius 2 is 0.257 bits per heavy atom. The summed E-state index contributed by atoms with van der Waals surface area (Å²) in [6.07, 6.45) is 85.0. The topological polar surface area (TPSA) is 40.5 Å². The van der Waals surface area contributed by atoms with Crippen molar-refractivity contribution in [1.29, 1.82) is 0 Å². The lowest BCUT2D eigenvalue weighted by Gasteiger charge is -2.13. The summed E-state index contributed by atoms with van der Waals surface area (Å²) in [5.41, 5.74) is 0. The molecule has 0 saturated heterocycles. The van der Waals surface area contributed by atoms with Crippen molar-refractivity contribution >= 4 is 0 Å². The molecule has 70 heavy (non-hydrogen) atoms. The molecule has 0 amide bonds. The predicted molar refractivity (Wildman–Crippen MR) is 321 cm³/mol. The molecule has 0 aromatic heterocycles. The zero-order valence-electron chi connectivity index (χ0n) is 49.9. The van der Waals surface area contributed by atoms with Crippen molar-refractivity contribution in [3.8, 4) is 0 Å². The third-order valence-corrected chi connectivity index (χ3v) is 16.4. The fraction of sp³-hybridized carbons (Fsp3) is 1.00. The average Bonchev–Trinajstić information content (AvgIpc) is 3.37. The summed E-state index contributed by atoms with van der Waals surface area (Å²) in [7, 11) is 0. The van der Waals surface area contributed by atoms with E-state index in [0.29, 0.717) is 25.0 Å². The molecule has 2 heteroatoms. The van der Waals surface area contributed by atoms with E-state index >= 15 is 0 Å². The van der Waals surface area contributed by atoms with Crippen LogP contribution in [0.1, 0.15) is 413 Å². The van der Waals surface area contributed by atoms with Gasteiger partial charge in [-0.15, -0.1) is 0 Å². The summed E-state index contributed by atoms with van der Waals surface area (Å²) in [6.45, 7) is 10.0. The Kier molecular flexibility index (Phi) is 70.9. The maximum Gasteiger partial charge on any atom is 0.0459 e. The van der Waals surface area contributed by atoms with Gasteiger partial charge in [0.05, 0.1) is 0 Å². The number of aliphatic hydroxyl groups is 2. The van der Waals surface area contributed by atoms with Gasteiger partial charge in [-0.1, -0.05) is 387 Å². The summed E-state index contributed by atoms with van der Waals surface area (Å²) >= 11 is 0. The maximum absolute atomic E-state index is 9.73. The second kappa shape index (κ2) is 68.9. The molecule has 0 radical (unpaired) electrons. The minimum Gasteiger partial charge on any atom is -0.396 e. The number of unbranched alkanes of at least 4 members (excludes halogenated alkanes) is 52. The molecule has 0 heterocycles. The lowest BCUT2D eigenvalue weighted by atomic mass is 9.94. The minimum atomic E-state index is 0.413. The van der Waals surface area contributed by atoms with Crippen molar-refractivity contribution in [1.82, 2.24) is 0 Å². The first kappa shape index (κ1) is 72.0. The van der Waals surface area contributed by atoms with E-state index in [9.17, 15) is 10.2 Å². The van der Waals surface area contributed by atoms with Gasteiger partial charge >= 0.3 is 0 Å². The molecule has 0 spiro atoms. The summed E-state index contributed by atoms with van der Waals surface area (Å²) in [6, 6.07) is 0. The van der Waals surface area contributed by atoms with Gasteiger partial charge in [0.15, 0.2) is 0 Å². The molecule has 0 aromatic rings. The lowest BCUT2D eigenvalue weighted by Crippen LogP contribution is -2.06. The summed E-state index contributed by atoms with van der Waals surface area (Å²) in [5, 5.41) is 19.5. The van der Waals surface area contributed by atoms with Crippen molar-refractivity contribution in [2.24, 2.45) is 11.8 Å². The standard InChI is InChI=1S/2C34H70O/c2*1-3-5-7-9-11-13-15-17-18-19-20-22-24-26-28-30-32-34(33-35)31-29-27-25-23-21-16-14-12-10-8-6-4-2/h2*34-35H,3-33H2,1-2H3. The van der Waals surface area contributed by atoms with E-state index in [2.05, 4.69) is 27.7 Å². The van der Waals surface area contributed by atoms with Crippen LogP contribution in [0.15, 0.2) is 0 Å². The van der Waals surface area contributed by atoms with Crippen LogP contribution in [-0.4, -0.2) is 23.4 Å². The number of hydrogen-bond acceptors (Lipinski definition) is 2. The van der Waals surface area contributed by atoms with E-state index in [1.165, 1.54) is 385 Å². The Morgan fingerprint density at radius 3 is 0.357 bits per heavy atom. The Labute approximate surface area is 446 Å². The normalized spacial score (nSPS) is 12.4. The monoisotopic (exact) mass is 989 g/mol. The lowest BCUT2D eigenvalue weighted by molar-refractivity contribution is 0.204. The molecule has 2 unspecified atom stereocenters. The molecule has 0 bridgehead atoms. The van der Waals surface area contributed by atoms with E-state index in [0.717, 1.165) is 0 Å². The second-order valence-corrected chi connectivity index (χ2v) is 23.6. The number of aliphatic hydroxyl groups excluding tert-OH is 2. The third kappa shape index (κ3) is 65.9. The van der Waals surface area contributed by atoms with Crippen LogP contribution in [0, 0.1) is 11.8 Å². The highest BCUT2D eigenvalue weighted by Gasteiger charge is 2.09. The van der Waals surface area contributed by atoms with Crippen LogP contribution < -0.4 is 0 Å².